The Labute approximate surface area is 177 Å². The number of thiophene rings is 1. The van der Waals surface area contributed by atoms with Crippen molar-refractivity contribution in [1.82, 2.24) is 15.6 Å². The van der Waals surface area contributed by atoms with Crippen molar-refractivity contribution in [1.29, 1.82) is 0 Å². The molecule has 1 fully saturated rings. The highest BCUT2D eigenvalue weighted by Gasteiger charge is 2.20. The number of fused-ring (bicyclic) bond motifs is 1. The van der Waals surface area contributed by atoms with E-state index < -0.39 is 11.6 Å². The second-order valence-corrected chi connectivity index (χ2v) is 8.26. The molecule has 1 aromatic carbocycles. The monoisotopic (exact) mass is 431 g/mol. The minimum absolute atomic E-state index is 0.169. The largest absolute Gasteiger partial charge is 0.397 e. The van der Waals surface area contributed by atoms with Gasteiger partial charge in [0, 0.05) is 43.8 Å². The van der Waals surface area contributed by atoms with Crippen LogP contribution in [-0.4, -0.2) is 43.6 Å². The number of amides is 1. The molecule has 0 aliphatic carbocycles. The molecule has 1 saturated heterocycles. The van der Waals surface area contributed by atoms with Crippen LogP contribution in [0.15, 0.2) is 24.3 Å². The zero-order chi connectivity index (χ0) is 21.3. The molecule has 30 heavy (non-hydrogen) atoms. The highest BCUT2D eigenvalue weighted by molar-refractivity contribution is 7.21. The van der Waals surface area contributed by atoms with E-state index in [1.165, 1.54) is 11.3 Å². The average molecular weight is 432 g/mol. The van der Waals surface area contributed by atoms with Crippen molar-refractivity contribution in [3.63, 3.8) is 0 Å². The van der Waals surface area contributed by atoms with Gasteiger partial charge < -0.3 is 21.3 Å². The molecule has 2 aromatic heterocycles. The number of carbonyl (C=O) groups excluding carboxylic acids is 1. The van der Waals surface area contributed by atoms with Gasteiger partial charge in [0.15, 0.2) is 11.6 Å². The summed E-state index contributed by atoms with van der Waals surface area (Å²) >= 11 is 1.22. The van der Waals surface area contributed by atoms with E-state index in [2.05, 4.69) is 15.6 Å². The van der Waals surface area contributed by atoms with Crippen molar-refractivity contribution >= 4 is 38.8 Å². The molecule has 0 spiro atoms. The van der Waals surface area contributed by atoms with Crippen LogP contribution in [0, 0.1) is 18.6 Å². The smallest absolute Gasteiger partial charge is 0.263 e. The van der Waals surface area contributed by atoms with Gasteiger partial charge in [-0.15, -0.1) is 11.3 Å². The lowest BCUT2D eigenvalue weighted by atomic mass is 10.1. The number of anilines is 2. The van der Waals surface area contributed by atoms with Crippen molar-refractivity contribution < 1.29 is 13.6 Å². The van der Waals surface area contributed by atoms with Crippen LogP contribution in [0.5, 0.6) is 0 Å². The number of nitrogens with one attached hydrogen (secondary N) is 2. The van der Waals surface area contributed by atoms with E-state index in [9.17, 15) is 13.6 Å². The van der Waals surface area contributed by atoms with Crippen LogP contribution in [0.2, 0.25) is 0 Å². The summed E-state index contributed by atoms with van der Waals surface area (Å²) in [7, 11) is 0. The summed E-state index contributed by atoms with van der Waals surface area (Å²) in [4.78, 5) is 19.8. The number of aromatic nitrogens is 1. The van der Waals surface area contributed by atoms with E-state index in [0.717, 1.165) is 24.2 Å². The Balaban J connectivity index is 1.42. The summed E-state index contributed by atoms with van der Waals surface area (Å²) < 4.78 is 29.1. The average Bonchev–Trinajstić information content (AvgIpc) is 3.07. The quantitative estimate of drug-likeness (QED) is 0.579. The molecule has 3 aromatic rings. The summed E-state index contributed by atoms with van der Waals surface area (Å²) in [6.45, 7) is 4.79. The number of nitrogens with two attached hydrogens (primary N) is 1. The summed E-state index contributed by atoms with van der Waals surface area (Å²) in [6, 6.07) is 6.88. The van der Waals surface area contributed by atoms with Crippen molar-refractivity contribution in [3.05, 3.63) is 52.0 Å². The SMILES string of the molecule is Cc1ccc2c(N)c(C(=O)NCCc3ccc(N4CCNCC4)c(F)c3F)sc2n1. The van der Waals surface area contributed by atoms with Crippen LogP contribution in [-0.2, 0) is 6.42 Å². The van der Waals surface area contributed by atoms with Gasteiger partial charge in [-0.2, -0.15) is 0 Å². The van der Waals surface area contributed by atoms with Crippen LogP contribution in [0.4, 0.5) is 20.2 Å². The second kappa shape index (κ2) is 8.53. The molecule has 6 nitrogen and oxygen atoms in total. The van der Waals surface area contributed by atoms with Gasteiger partial charge in [0.2, 0.25) is 0 Å². The Kier molecular flexibility index (Phi) is 5.83. The zero-order valence-corrected chi connectivity index (χ0v) is 17.4. The third-order valence-electron chi connectivity index (χ3n) is 5.22. The van der Waals surface area contributed by atoms with Gasteiger partial charge in [-0.1, -0.05) is 6.07 Å². The number of hydrogen-bond acceptors (Lipinski definition) is 6. The fourth-order valence-corrected chi connectivity index (χ4v) is 4.63. The van der Waals surface area contributed by atoms with Gasteiger partial charge in [-0.05, 0) is 37.1 Å². The zero-order valence-electron chi connectivity index (χ0n) is 16.6. The van der Waals surface area contributed by atoms with Gasteiger partial charge in [0.25, 0.3) is 5.91 Å². The van der Waals surface area contributed by atoms with Crippen LogP contribution in [0.3, 0.4) is 0 Å². The highest BCUT2D eigenvalue weighted by atomic mass is 32.1. The molecule has 4 N–H and O–H groups in total. The van der Waals surface area contributed by atoms with Crippen LogP contribution in [0.25, 0.3) is 10.2 Å². The molecular formula is C21H23F2N5OS. The molecule has 4 rings (SSSR count). The molecule has 9 heteroatoms. The maximum Gasteiger partial charge on any atom is 0.263 e. The van der Waals surface area contributed by atoms with Crippen molar-refractivity contribution in [3.8, 4) is 0 Å². The first-order chi connectivity index (χ1) is 14.5. The molecule has 0 bridgehead atoms. The van der Waals surface area contributed by atoms with Crippen LogP contribution < -0.4 is 21.3 Å². The normalized spacial score (nSPS) is 14.3. The summed E-state index contributed by atoms with van der Waals surface area (Å²) in [6.07, 6.45) is 0.179. The number of aryl methyl sites for hydroxylation is 1. The van der Waals surface area contributed by atoms with E-state index in [1.807, 2.05) is 24.0 Å². The molecule has 0 atom stereocenters. The molecule has 1 amide bonds. The molecule has 0 unspecified atom stereocenters. The lowest BCUT2D eigenvalue weighted by Gasteiger charge is -2.30. The van der Waals surface area contributed by atoms with E-state index in [-0.39, 0.29) is 30.1 Å². The maximum absolute atomic E-state index is 14.6. The summed E-state index contributed by atoms with van der Waals surface area (Å²) in [5, 5.41) is 6.67. The third kappa shape index (κ3) is 3.95. The van der Waals surface area contributed by atoms with E-state index in [4.69, 9.17) is 5.73 Å². The lowest BCUT2D eigenvalue weighted by molar-refractivity contribution is 0.0959. The van der Waals surface area contributed by atoms with E-state index >= 15 is 0 Å². The van der Waals surface area contributed by atoms with Gasteiger partial charge in [0.1, 0.15) is 9.71 Å². The number of benzene rings is 1. The fraction of sp³-hybridized carbons (Fsp3) is 0.333. The molecular weight excluding hydrogens is 408 g/mol. The highest BCUT2D eigenvalue weighted by Crippen LogP contribution is 2.32. The first-order valence-electron chi connectivity index (χ1n) is 9.82. The number of rotatable bonds is 5. The molecule has 0 radical (unpaired) electrons. The first-order valence-corrected chi connectivity index (χ1v) is 10.6. The first kappa shape index (κ1) is 20.5. The Bertz CT molecular complexity index is 1090. The van der Waals surface area contributed by atoms with Gasteiger partial charge >= 0.3 is 0 Å². The molecule has 0 saturated carbocycles. The Morgan fingerprint density at radius 2 is 2.00 bits per heavy atom. The minimum atomic E-state index is -0.860. The van der Waals surface area contributed by atoms with Gasteiger partial charge in [-0.25, -0.2) is 13.8 Å². The van der Waals surface area contributed by atoms with Gasteiger partial charge in [0.05, 0.1) is 11.4 Å². The number of nitrogen functional groups attached to an aromatic ring is 1. The van der Waals surface area contributed by atoms with Crippen LogP contribution in [0.1, 0.15) is 20.9 Å². The van der Waals surface area contributed by atoms with Crippen molar-refractivity contribution in [2.24, 2.45) is 0 Å². The predicted octanol–water partition coefficient (Wildman–Crippen LogP) is 2.85. The number of hydrogen-bond donors (Lipinski definition) is 3. The lowest BCUT2D eigenvalue weighted by Crippen LogP contribution is -2.44. The molecule has 3 heterocycles. The fourth-order valence-electron chi connectivity index (χ4n) is 3.57. The number of piperazine rings is 1. The van der Waals surface area contributed by atoms with Crippen molar-refractivity contribution in [2.75, 3.05) is 43.4 Å². The van der Waals surface area contributed by atoms with Crippen molar-refractivity contribution in [2.45, 2.75) is 13.3 Å². The molecule has 158 valence electrons. The van der Waals surface area contributed by atoms with Crippen LogP contribution >= 0.6 is 11.3 Å². The third-order valence-corrected chi connectivity index (χ3v) is 6.33. The number of carbonyl (C=O) groups is 1. The summed E-state index contributed by atoms with van der Waals surface area (Å²) in [5.41, 5.74) is 7.84. The maximum atomic E-state index is 14.6. The molecule has 1 aliphatic rings. The second-order valence-electron chi connectivity index (χ2n) is 7.26. The number of nitrogens with zero attached hydrogens (tertiary/aromatic N) is 2. The standard InChI is InChI=1S/C21H23F2N5OS/c1-12-2-4-14-18(24)19(30-21(14)27-12)20(29)26-7-6-13-3-5-15(17(23)16(13)22)28-10-8-25-9-11-28/h2-5,25H,6-11,24H2,1H3,(H,26,29). The molecule has 1 aliphatic heterocycles. The Morgan fingerprint density at radius 1 is 1.23 bits per heavy atom. The predicted molar refractivity (Wildman–Crippen MR) is 116 cm³/mol. The topological polar surface area (TPSA) is 83.3 Å². The number of halogens is 2. The van der Waals surface area contributed by atoms with E-state index in [0.29, 0.717) is 28.5 Å². The van der Waals surface area contributed by atoms with E-state index in [1.54, 1.807) is 12.1 Å². The Hall–Kier alpha value is -2.78. The van der Waals surface area contributed by atoms with Gasteiger partial charge in [-0.3, -0.25) is 4.79 Å². The Morgan fingerprint density at radius 3 is 2.77 bits per heavy atom. The summed E-state index contributed by atoms with van der Waals surface area (Å²) in [5.74, 6) is -2.04. The number of pyridine rings is 1. The minimum Gasteiger partial charge on any atom is -0.397 e.